The molecular formula is C28H38FN. The van der Waals surface area contributed by atoms with E-state index in [2.05, 4.69) is 43.3 Å². The fourth-order valence-electron chi connectivity index (χ4n) is 5.37. The SMILES string of the molecule is CCCc1ccc([C@H]2CC[C@H](/C=C/[C@H]3CC[C@H](CCC=C(F)C#N)CC3)CC2)cc1. The molecule has 0 radical (unpaired) electrons. The van der Waals surface area contributed by atoms with Gasteiger partial charge in [0.05, 0.1) is 0 Å². The van der Waals surface area contributed by atoms with Gasteiger partial charge in [0.2, 0.25) is 0 Å². The molecule has 1 aromatic carbocycles. The standard InChI is InChI=1S/C28H38FN/c1-2-4-22-13-17-26(18-14-22)27-19-15-25(16-20-27)12-11-24-9-7-23(8-10-24)5-3-6-28(29)21-30/h6,11-14,17-18,23-25,27H,2-5,7-10,15-16,19-20H2,1H3/b12-11+,28-6?/t23-,24-,25-,27-. The lowest BCUT2D eigenvalue weighted by Crippen LogP contribution is -2.14. The fourth-order valence-corrected chi connectivity index (χ4v) is 5.37. The smallest absolute Gasteiger partial charge is 0.195 e. The van der Waals surface area contributed by atoms with Crippen molar-refractivity contribution in [3.05, 3.63) is 59.4 Å². The normalized spacial score (nSPS) is 27.8. The Morgan fingerprint density at radius 1 is 0.967 bits per heavy atom. The second-order valence-corrected chi connectivity index (χ2v) is 9.51. The number of hydrogen-bond donors (Lipinski definition) is 0. The van der Waals surface area contributed by atoms with Crippen LogP contribution >= 0.6 is 0 Å². The van der Waals surface area contributed by atoms with Gasteiger partial charge in [-0.1, -0.05) is 49.8 Å². The third kappa shape index (κ3) is 7.12. The average Bonchev–Trinajstić information content (AvgIpc) is 2.79. The van der Waals surface area contributed by atoms with Crippen molar-refractivity contribution in [3.8, 4) is 6.07 Å². The van der Waals surface area contributed by atoms with Crippen LogP contribution in [0.5, 0.6) is 0 Å². The first-order valence-corrected chi connectivity index (χ1v) is 12.2. The van der Waals surface area contributed by atoms with Gasteiger partial charge in [0.25, 0.3) is 0 Å². The third-order valence-electron chi connectivity index (χ3n) is 7.31. The van der Waals surface area contributed by atoms with Crippen molar-refractivity contribution in [2.24, 2.45) is 17.8 Å². The van der Waals surface area contributed by atoms with Crippen LogP contribution < -0.4 is 0 Å². The van der Waals surface area contributed by atoms with Gasteiger partial charge < -0.3 is 0 Å². The molecule has 0 unspecified atom stereocenters. The molecule has 0 spiro atoms. The number of aryl methyl sites for hydroxylation is 1. The third-order valence-corrected chi connectivity index (χ3v) is 7.31. The highest BCUT2D eigenvalue weighted by Crippen LogP contribution is 2.38. The van der Waals surface area contributed by atoms with E-state index in [4.69, 9.17) is 5.26 Å². The first-order valence-electron chi connectivity index (χ1n) is 12.2. The van der Waals surface area contributed by atoms with E-state index in [1.54, 1.807) is 11.6 Å². The number of benzene rings is 1. The lowest BCUT2D eigenvalue weighted by atomic mass is 9.77. The van der Waals surface area contributed by atoms with Gasteiger partial charge in [-0.2, -0.15) is 9.65 Å². The summed E-state index contributed by atoms with van der Waals surface area (Å²) >= 11 is 0. The number of nitrogens with zero attached hydrogens (tertiary/aromatic N) is 1. The number of halogens is 1. The maximum Gasteiger partial charge on any atom is 0.196 e. The summed E-state index contributed by atoms with van der Waals surface area (Å²) in [7, 11) is 0. The molecule has 0 N–H and O–H groups in total. The van der Waals surface area contributed by atoms with Crippen molar-refractivity contribution in [3.63, 3.8) is 0 Å². The molecule has 0 amide bonds. The van der Waals surface area contributed by atoms with Gasteiger partial charge in [0.1, 0.15) is 6.07 Å². The first kappa shape index (κ1) is 22.8. The Hall–Kier alpha value is -1.88. The summed E-state index contributed by atoms with van der Waals surface area (Å²) in [5.41, 5.74) is 3.01. The molecule has 162 valence electrons. The molecular weight excluding hydrogens is 369 g/mol. The van der Waals surface area contributed by atoms with Crippen LogP contribution in [0.3, 0.4) is 0 Å². The van der Waals surface area contributed by atoms with Gasteiger partial charge in [-0.25, -0.2) is 0 Å². The van der Waals surface area contributed by atoms with E-state index in [1.807, 2.05) is 0 Å². The number of nitriles is 1. The highest BCUT2D eigenvalue weighted by atomic mass is 19.1. The van der Waals surface area contributed by atoms with Gasteiger partial charge >= 0.3 is 0 Å². The van der Waals surface area contributed by atoms with Crippen molar-refractivity contribution in [1.29, 1.82) is 5.26 Å². The predicted octanol–water partition coefficient (Wildman–Crippen LogP) is 8.43. The highest BCUT2D eigenvalue weighted by Gasteiger charge is 2.22. The quantitative estimate of drug-likeness (QED) is 0.313. The molecule has 0 aromatic heterocycles. The van der Waals surface area contributed by atoms with E-state index < -0.39 is 5.83 Å². The van der Waals surface area contributed by atoms with Crippen LogP contribution in [-0.2, 0) is 6.42 Å². The summed E-state index contributed by atoms with van der Waals surface area (Å²) in [6, 6.07) is 11.0. The number of hydrogen-bond acceptors (Lipinski definition) is 1. The summed E-state index contributed by atoms with van der Waals surface area (Å²) in [6.07, 6.45) is 20.9. The van der Waals surface area contributed by atoms with Gasteiger partial charge in [0.15, 0.2) is 5.83 Å². The van der Waals surface area contributed by atoms with Crippen LogP contribution in [0.2, 0.25) is 0 Å². The largest absolute Gasteiger partial charge is 0.196 e. The van der Waals surface area contributed by atoms with E-state index in [0.717, 1.165) is 24.2 Å². The average molecular weight is 408 g/mol. The van der Waals surface area contributed by atoms with Crippen molar-refractivity contribution >= 4 is 0 Å². The zero-order chi connectivity index (χ0) is 21.2. The molecule has 2 aliphatic rings. The van der Waals surface area contributed by atoms with Crippen molar-refractivity contribution in [2.45, 2.75) is 89.9 Å². The highest BCUT2D eigenvalue weighted by molar-refractivity contribution is 5.26. The lowest BCUT2D eigenvalue weighted by Gasteiger charge is -2.29. The predicted molar refractivity (Wildman–Crippen MR) is 124 cm³/mol. The molecule has 1 aromatic rings. The first-order chi connectivity index (χ1) is 14.7. The number of allylic oxidation sites excluding steroid dienone is 4. The van der Waals surface area contributed by atoms with Crippen LogP contribution in [0.15, 0.2) is 48.3 Å². The molecule has 0 saturated heterocycles. The Morgan fingerprint density at radius 3 is 2.13 bits per heavy atom. The maximum absolute atomic E-state index is 12.9. The zero-order valence-electron chi connectivity index (χ0n) is 18.7. The summed E-state index contributed by atoms with van der Waals surface area (Å²) in [5.74, 6) is 2.32. The van der Waals surface area contributed by atoms with Crippen LogP contribution in [0.25, 0.3) is 0 Å². The van der Waals surface area contributed by atoms with Gasteiger partial charge in [0, 0.05) is 0 Å². The van der Waals surface area contributed by atoms with Crippen molar-refractivity contribution in [2.75, 3.05) is 0 Å². The van der Waals surface area contributed by atoms with Crippen LogP contribution in [0.4, 0.5) is 4.39 Å². The van der Waals surface area contributed by atoms with E-state index >= 15 is 0 Å². The molecule has 2 aliphatic carbocycles. The summed E-state index contributed by atoms with van der Waals surface area (Å²) in [4.78, 5) is 0. The molecule has 3 rings (SSSR count). The molecule has 1 nitrogen and oxygen atoms in total. The Kier molecular flexibility index (Phi) is 9.19. The molecule has 0 heterocycles. The lowest BCUT2D eigenvalue weighted by molar-refractivity contribution is 0.295. The molecule has 2 saturated carbocycles. The molecule has 0 bridgehead atoms. The minimum Gasteiger partial charge on any atom is -0.195 e. The summed E-state index contributed by atoms with van der Waals surface area (Å²) < 4.78 is 12.9. The van der Waals surface area contributed by atoms with E-state index in [-0.39, 0.29) is 0 Å². The Morgan fingerprint density at radius 2 is 1.57 bits per heavy atom. The second kappa shape index (κ2) is 12.1. The Labute approximate surface area is 183 Å². The van der Waals surface area contributed by atoms with Crippen molar-refractivity contribution in [1.82, 2.24) is 0 Å². The Balaban J connectivity index is 1.36. The van der Waals surface area contributed by atoms with Crippen molar-refractivity contribution < 1.29 is 4.39 Å². The monoisotopic (exact) mass is 407 g/mol. The van der Waals surface area contributed by atoms with Crippen LogP contribution in [0, 0.1) is 29.1 Å². The molecule has 0 atom stereocenters. The fraction of sp³-hybridized carbons (Fsp3) is 0.607. The maximum atomic E-state index is 12.9. The number of rotatable bonds is 8. The van der Waals surface area contributed by atoms with E-state index in [1.165, 1.54) is 75.8 Å². The topological polar surface area (TPSA) is 23.8 Å². The summed E-state index contributed by atoms with van der Waals surface area (Å²) in [5, 5.41) is 8.47. The van der Waals surface area contributed by atoms with E-state index in [0.29, 0.717) is 12.3 Å². The molecule has 30 heavy (non-hydrogen) atoms. The van der Waals surface area contributed by atoms with Crippen LogP contribution in [-0.4, -0.2) is 0 Å². The zero-order valence-corrected chi connectivity index (χ0v) is 18.7. The molecule has 0 aliphatic heterocycles. The summed E-state index contributed by atoms with van der Waals surface area (Å²) in [6.45, 7) is 2.24. The van der Waals surface area contributed by atoms with Crippen LogP contribution in [0.1, 0.15) is 94.6 Å². The minimum atomic E-state index is -0.630. The Bertz CT molecular complexity index is 723. The minimum absolute atomic E-state index is 0.630. The molecule has 2 heteroatoms. The van der Waals surface area contributed by atoms with Gasteiger partial charge in [-0.05, 0) is 112 Å². The molecule has 2 fully saturated rings. The van der Waals surface area contributed by atoms with Gasteiger partial charge in [-0.15, -0.1) is 0 Å². The van der Waals surface area contributed by atoms with E-state index in [9.17, 15) is 4.39 Å². The second-order valence-electron chi connectivity index (χ2n) is 9.51. The van der Waals surface area contributed by atoms with Gasteiger partial charge in [-0.3, -0.25) is 0 Å².